The molecule has 3 heterocycles. The maximum Gasteiger partial charge on any atom is 0.418 e. The molecule has 3 aliphatic heterocycles. The molecule has 2 fully saturated rings. The molecule has 0 aliphatic carbocycles. The van der Waals surface area contributed by atoms with E-state index in [1.54, 1.807) is 9.80 Å². The number of likely N-dealkylation sites (tertiary alicyclic amines) is 2. The number of hydrogen-bond acceptors (Lipinski definition) is 5. The van der Waals surface area contributed by atoms with Crippen molar-refractivity contribution < 1.29 is 27.6 Å². The molecule has 3 aromatic rings. The first-order chi connectivity index (χ1) is 25.3. The van der Waals surface area contributed by atoms with E-state index in [0.717, 1.165) is 43.1 Å². The molecule has 4 amide bonds. The molecule has 3 N–H and O–H groups in total. The molecule has 0 radical (unpaired) electrons. The second-order valence-electron chi connectivity index (χ2n) is 14.9. The summed E-state index contributed by atoms with van der Waals surface area (Å²) in [5.41, 5.74) is 8.60. The van der Waals surface area contributed by atoms with Crippen LogP contribution in [0.2, 0.25) is 5.02 Å². The SMILES string of the molecule is CN(C)Cc1ccc(C2CCN(C(=O)C(CC(=O)N3CCC(N4CCc5ccccc5NC4=O)CC3)Cc3cc(Cl)c(N)c(C(F)(F)F)c3)CC2)cc1. The number of benzene rings is 3. The zero-order valence-electron chi connectivity index (χ0n) is 30.3. The van der Waals surface area contributed by atoms with Crippen molar-refractivity contribution in [3.8, 4) is 0 Å². The number of alkyl halides is 3. The Labute approximate surface area is 314 Å². The molecule has 0 spiro atoms. The van der Waals surface area contributed by atoms with Gasteiger partial charge in [0.15, 0.2) is 0 Å². The first-order valence-corrected chi connectivity index (χ1v) is 18.8. The Morgan fingerprint density at radius 3 is 2.25 bits per heavy atom. The average molecular weight is 753 g/mol. The number of nitrogens with two attached hydrogens (primary N) is 1. The maximum absolute atomic E-state index is 14.2. The van der Waals surface area contributed by atoms with Gasteiger partial charge in [-0.05, 0) is 99.0 Å². The summed E-state index contributed by atoms with van der Waals surface area (Å²) in [4.78, 5) is 48.6. The number of amides is 4. The highest BCUT2D eigenvalue weighted by Crippen LogP contribution is 2.39. The molecule has 3 aliphatic rings. The van der Waals surface area contributed by atoms with E-state index in [-0.39, 0.29) is 53.2 Å². The third kappa shape index (κ3) is 9.27. The standard InChI is InChI=1S/C40H48ClF3N6O3/c1-47(2)25-26-7-9-28(10-8-26)29-11-16-49(17-12-29)38(52)31(21-27-22-33(40(42,43)44)37(45)34(41)23-27)24-36(51)48-18-14-32(15-19-48)50-20-13-30-5-3-4-6-35(30)46-39(50)53/h3-10,22-23,29,31-32H,11-21,24-25,45H2,1-2H3,(H,46,53). The largest absolute Gasteiger partial charge is 0.418 e. The molecule has 1 unspecified atom stereocenters. The van der Waals surface area contributed by atoms with E-state index in [2.05, 4.69) is 34.5 Å². The normalized spacial score (nSPS) is 18.1. The molecule has 284 valence electrons. The molecule has 2 saturated heterocycles. The van der Waals surface area contributed by atoms with Gasteiger partial charge in [0.2, 0.25) is 11.8 Å². The number of para-hydroxylation sites is 1. The molecule has 13 heteroatoms. The summed E-state index contributed by atoms with van der Waals surface area (Å²) < 4.78 is 41.6. The summed E-state index contributed by atoms with van der Waals surface area (Å²) in [6.07, 6.45) is -1.60. The van der Waals surface area contributed by atoms with E-state index in [0.29, 0.717) is 45.6 Å². The Hall–Kier alpha value is -4.29. The second kappa shape index (κ2) is 16.4. The van der Waals surface area contributed by atoms with E-state index in [1.165, 1.54) is 17.2 Å². The number of fused-ring (bicyclic) bond motifs is 1. The van der Waals surface area contributed by atoms with E-state index in [4.69, 9.17) is 17.3 Å². The molecule has 1 atom stereocenters. The van der Waals surface area contributed by atoms with Gasteiger partial charge in [-0.3, -0.25) is 9.59 Å². The quantitative estimate of drug-likeness (QED) is 0.229. The Bertz CT molecular complexity index is 1790. The second-order valence-corrected chi connectivity index (χ2v) is 15.3. The number of halogens is 4. The molecule has 0 aromatic heterocycles. The lowest BCUT2D eigenvalue weighted by molar-refractivity contribution is -0.142. The minimum absolute atomic E-state index is 0.0472. The Balaban J connectivity index is 1.13. The fourth-order valence-electron chi connectivity index (χ4n) is 8.01. The van der Waals surface area contributed by atoms with Gasteiger partial charge in [-0.1, -0.05) is 54.1 Å². The van der Waals surface area contributed by atoms with Crippen LogP contribution in [0.15, 0.2) is 60.7 Å². The van der Waals surface area contributed by atoms with E-state index in [9.17, 15) is 27.6 Å². The number of anilines is 2. The average Bonchev–Trinajstić information content (AvgIpc) is 3.30. The third-order valence-corrected chi connectivity index (χ3v) is 11.2. The zero-order chi connectivity index (χ0) is 37.9. The summed E-state index contributed by atoms with van der Waals surface area (Å²) in [6, 6.07) is 18.4. The van der Waals surface area contributed by atoms with Crippen molar-refractivity contribution in [2.45, 2.75) is 69.6 Å². The number of rotatable bonds is 9. The predicted octanol–water partition coefficient (Wildman–Crippen LogP) is 7.04. The van der Waals surface area contributed by atoms with Gasteiger partial charge >= 0.3 is 12.2 Å². The topological polar surface area (TPSA) is 102 Å². The monoisotopic (exact) mass is 752 g/mol. The molecule has 3 aromatic carbocycles. The molecule has 6 rings (SSSR count). The summed E-state index contributed by atoms with van der Waals surface area (Å²) in [7, 11) is 4.05. The smallest absolute Gasteiger partial charge is 0.397 e. The first kappa shape index (κ1) is 38.4. The summed E-state index contributed by atoms with van der Waals surface area (Å²) in [6.45, 7) is 3.20. The first-order valence-electron chi connectivity index (χ1n) is 18.4. The number of nitrogens with one attached hydrogen (secondary N) is 1. The maximum atomic E-state index is 14.2. The van der Waals surface area contributed by atoms with Gasteiger partial charge in [-0.25, -0.2) is 4.79 Å². The van der Waals surface area contributed by atoms with Crippen LogP contribution >= 0.6 is 11.6 Å². The van der Waals surface area contributed by atoms with Crippen molar-refractivity contribution in [3.05, 3.63) is 93.5 Å². The van der Waals surface area contributed by atoms with E-state index < -0.39 is 23.3 Å². The summed E-state index contributed by atoms with van der Waals surface area (Å²) in [5, 5.41) is 2.77. The van der Waals surface area contributed by atoms with Crippen LogP contribution in [0, 0.1) is 5.92 Å². The van der Waals surface area contributed by atoms with Crippen LogP contribution in [0.5, 0.6) is 0 Å². The Kier molecular flexibility index (Phi) is 11.9. The molecule has 53 heavy (non-hydrogen) atoms. The van der Waals surface area contributed by atoms with Crippen LogP contribution in [0.25, 0.3) is 0 Å². The van der Waals surface area contributed by atoms with Crippen LogP contribution in [-0.4, -0.2) is 90.3 Å². The number of nitrogens with zero attached hydrogens (tertiary/aromatic N) is 4. The minimum Gasteiger partial charge on any atom is -0.397 e. The highest BCUT2D eigenvalue weighted by molar-refractivity contribution is 6.33. The van der Waals surface area contributed by atoms with Crippen LogP contribution in [0.4, 0.5) is 29.3 Å². The van der Waals surface area contributed by atoms with Crippen LogP contribution < -0.4 is 11.1 Å². The summed E-state index contributed by atoms with van der Waals surface area (Å²) in [5.74, 6) is -1.10. The van der Waals surface area contributed by atoms with Crippen LogP contribution in [-0.2, 0) is 35.2 Å². The number of carbonyl (C=O) groups excluding carboxylic acids is 3. The number of nitrogen functional groups attached to an aromatic ring is 1. The van der Waals surface area contributed by atoms with E-state index in [1.807, 2.05) is 43.3 Å². The van der Waals surface area contributed by atoms with Crippen molar-refractivity contribution in [3.63, 3.8) is 0 Å². The fraction of sp³-hybridized carbons (Fsp3) is 0.475. The highest BCUT2D eigenvalue weighted by atomic mass is 35.5. The molecule has 0 saturated carbocycles. The molecular weight excluding hydrogens is 705 g/mol. The van der Waals surface area contributed by atoms with Gasteiger partial charge < -0.3 is 30.7 Å². The fourth-order valence-corrected chi connectivity index (χ4v) is 8.26. The van der Waals surface area contributed by atoms with E-state index >= 15 is 0 Å². The van der Waals surface area contributed by atoms with Crippen molar-refractivity contribution in [2.75, 3.05) is 57.9 Å². The summed E-state index contributed by atoms with van der Waals surface area (Å²) >= 11 is 6.17. The Morgan fingerprint density at radius 1 is 0.925 bits per heavy atom. The molecule has 0 bridgehead atoms. The highest BCUT2D eigenvalue weighted by Gasteiger charge is 2.37. The number of urea groups is 1. The van der Waals surface area contributed by atoms with Gasteiger partial charge in [-0.2, -0.15) is 13.2 Å². The van der Waals surface area contributed by atoms with Crippen LogP contribution in [0.1, 0.15) is 65.8 Å². The lowest BCUT2D eigenvalue weighted by atomic mass is 9.87. The van der Waals surface area contributed by atoms with Crippen molar-refractivity contribution >= 4 is 40.8 Å². The van der Waals surface area contributed by atoms with Crippen LogP contribution in [0.3, 0.4) is 0 Å². The number of hydrogen-bond donors (Lipinski definition) is 2. The van der Waals surface area contributed by atoms with Gasteiger partial charge in [0, 0.05) is 57.4 Å². The number of piperidine rings is 2. The third-order valence-electron chi connectivity index (χ3n) is 10.9. The number of carbonyl (C=O) groups is 3. The minimum atomic E-state index is -4.73. The van der Waals surface area contributed by atoms with Gasteiger partial charge in [0.05, 0.1) is 22.2 Å². The Morgan fingerprint density at radius 2 is 1.58 bits per heavy atom. The molecule has 9 nitrogen and oxygen atoms in total. The van der Waals surface area contributed by atoms with Gasteiger partial charge in [0.1, 0.15) is 0 Å². The van der Waals surface area contributed by atoms with Crippen molar-refractivity contribution in [1.29, 1.82) is 0 Å². The molecular formula is C40H48ClF3N6O3. The lowest BCUT2D eigenvalue weighted by Crippen LogP contribution is -2.50. The zero-order valence-corrected chi connectivity index (χ0v) is 31.1. The predicted molar refractivity (Wildman–Crippen MR) is 201 cm³/mol. The van der Waals surface area contributed by atoms with Gasteiger partial charge in [0.25, 0.3) is 0 Å². The lowest BCUT2D eigenvalue weighted by Gasteiger charge is -2.39. The van der Waals surface area contributed by atoms with Gasteiger partial charge in [-0.15, -0.1) is 0 Å². The van der Waals surface area contributed by atoms with Crippen molar-refractivity contribution in [2.24, 2.45) is 5.92 Å². The van der Waals surface area contributed by atoms with Crippen molar-refractivity contribution in [1.82, 2.24) is 19.6 Å².